The highest BCUT2D eigenvalue weighted by Crippen LogP contribution is 2.31. The van der Waals surface area contributed by atoms with Gasteiger partial charge in [0.2, 0.25) is 0 Å². The highest BCUT2D eigenvalue weighted by molar-refractivity contribution is 8.24. The van der Waals surface area contributed by atoms with E-state index in [1.165, 1.54) is 0 Å². The summed E-state index contributed by atoms with van der Waals surface area (Å²) in [5.41, 5.74) is 2.50. The van der Waals surface area contributed by atoms with E-state index < -0.39 is 6.55 Å². The largest absolute Gasteiger partial charge is 0.614 e. The van der Waals surface area contributed by atoms with Gasteiger partial charge in [-0.05, 0) is 18.2 Å². The molecule has 0 atom stereocenters. The molecule has 104 valence electrons. The Morgan fingerprint density at radius 2 is 1.81 bits per heavy atom. The van der Waals surface area contributed by atoms with Crippen molar-refractivity contribution in [3.63, 3.8) is 0 Å². The fraction of sp³-hybridized carbons (Fsp3) is 0. The maximum absolute atomic E-state index is 12.5. The molecular formula is C15H11BF2N2S. The molecule has 0 aliphatic heterocycles. The Kier molecular flexibility index (Phi) is 4.06. The standard InChI is InChI=1S/C15H11BF2N2S/c17-16(18)21-15-8-4-3-7-14(15)20-10-11-9-19-13-6-2-1-5-12(11)13/h1-10,19H. The molecule has 0 saturated carbocycles. The van der Waals surface area contributed by atoms with E-state index in [1.54, 1.807) is 30.5 Å². The molecule has 1 aromatic heterocycles. The molecule has 0 fully saturated rings. The molecular weight excluding hydrogens is 289 g/mol. The Balaban J connectivity index is 1.93. The van der Waals surface area contributed by atoms with E-state index in [1.807, 2.05) is 30.5 Å². The molecule has 0 saturated heterocycles. The first kappa shape index (κ1) is 13.9. The average molecular weight is 300 g/mol. The molecule has 21 heavy (non-hydrogen) atoms. The second kappa shape index (κ2) is 6.14. The second-order valence-corrected chi connectivity index (χ2v) is 5.43. The van der Waals surface area contributed by atoms with Crippen molar-refractivity contribution in [1.82, 2.24) is 4.98 Å². The van der Waals surface area contributed by atoms with Gasteiger partial charge in [0.25, 0.3) is 0 Å². The number of fused-ring (bicyclic) bond motifs is 1. The van der Waals surface area contributed by atoms with Crippen molar-refractivity contribution in [1.29, 1.82) is 0 Å². The number of aromatic amines is 1. The van der Waals surface area contributed by atoms with E-state index in [9.17, 15) is 8.63 Å². The number of aromatic nitrogens is 1. The van der Waals surface area contributed by atoms with Gasteiger partial charge in [-0.15, -0.1) is 0 Å². The lowest BCUT2D eigenvalue weighted by Crippen LogP contribution is -1.88. The van der Waals surface area contributed by atoms with E-state index in [2.05, 4.69) is 9.98 Å². The average Bonchev–Trinajstić information content (AvgIpc) is 2.89. The summed E-state index contributed by atoms with van der Waals surface area (Å²) in [6.07, 6.45) is 3.56. The van der Waals surface area contributed by atoms with Crippen molar-refractivity contribution < 1.29 is 8.63 Å². The van der Waals surface area contributed by atoms with Gasteiger partial charge in [0, 0.05) is 33.8 Å². The quantitative estimate of drug-likeness (QED) is 0.537. The summed E-state index contributed by atoms with van der Waals surface area (Å²) in [6.45, 7) is -2.45. The van der Waals surface area contributed by atoms with Gasteiger partial charge < -0.3 is 4.98 Å². The molecule has 3 rings (SSSR count). The molecule has 6 heteroatoms. The minimum absolute atomic E-state index is 0.476. The molecule has 2 nitrogen and oxygen atoms in total. The van der Waals surface area contributed by atoms with Crippen molar-refractivity contribution in [2.45, 2.75) is 4.90 Å². The van der Waals surface area contributed by atoms with Crippen LogP contribution in [0.4, 0.5) is 14.3 Å². The van der Waals surface area contributed by atoms with Crippen molar-refractivity contribution in [3.8, 4) is 0 Å². The Morgan fingerprint density at radius 1 is 1.05 bits per heavy atom. The number of halogens is 2. The van der Waals surface area contributed by atoms with Crippen molar-refractivity contribution >= 4 is 41.0 Å². The first-order chi connectivity index (χ1) is 10.2. The summed E-state index contributed by atoms with van der Waals surface area (Å²) >= 11 is 0.511. The number of para-hydroxylation sites is 2. The first-order valence-corrected chi connectivity index (χ1v) is 7.26. The van der Waals surface area contributed by atoms with Gasteiger partial charge in [0.15, 0.2) is 0 Å². The minimum Gasteiger partial charge on any atom is -0.361 e. The molecule has 0 spiro atoms. The van der Waals surface area contributed by atoms with Crippen molar-refractivity contribution in [2.24, 2.45) is 4.99 Å². The van der Waals surface area contributed by atoms with Gasteiger partial charge >= 0.3 is 6.55 Å². The maximum Gasteiger partial charge on any atom is 0.614 e. The lowest BCUT2D eigenvalue weighted by Gasteiger charge is -2.02. The van der Waals surface area contributed by atoms with Crippen LogP contribution in [0.15, 0.2) is 64.6 Å². The fourth-order valence-corrected chi connectivity index (χ4v) is 2.69. The number of nitrogens with one attached hydrogen (secondary N) is 1. The molecule has 0 amide bonds. The van der Waals surface area contributed by atoms with Crippen LogP contribution in [0, 0.1) is 0 Å². The van der Waals surface area contributed by atoms with Gasteiger partial charge in [-0.2, -0.15) is 0 Å². The lowest BCUT2D eigenvalue weighted by molar-refractivity contribution is 0.700. The molecule has 1 N–H and O–H groups in total. The molecule has 1 heterocycles. The van der Waals surface area contributed by atoms with Crippen LogP contribution >= 0.6 is 11.6 Å². The van der Waals surface area contributed by atoms with Gasteiger partial charge in [0.1, 0.15) is 0 Å². The van der Waals surface area contributed by atoms with Crippen LogP contribution in [0.5, 0.6) is 0 Å². The Bertz CT molecular complexity index is 786. The molecule has 0 bridgehead atoms. The summed E-state index contributed by atoms with van der Waals surface area (Å²) in [7, 11) is 0. The van der Waals surface area contributed by atoms with Crippen LogP contribution in [-0.4, -0.2) is 17.7 Å². The highest BCUT2D eigenvalue weighted by Gasteiger charge is 2.16. The van der Waals surface area contributed by atoms with Crippen LogP contribution in [-0.2, 0) is 0 Å². The Labute approximate surface area is 125 Å². The molecule has 3 aromatic rings. The van der Waals surface area contributed by atoms with Crippen LogP contribution in [0.3, 0.4) is 0 Å². The summed E-state index contributed by atoms with van der Waals surface area (Å²) in [4.78, 5) is 7.98. The van der Waals surface area contributed by atoms with Gasteiger partial charge in [-0.25, -0.2) is 0 Å². The fourth-order valence-electron chi connectivity index (χ4n) is 2.10. The number of rotatable bonds is 4. The van der Waals surface area contributed by atoms with Crippen LogP contribution in [0.2, 0.25) is 0 Å². The number of nitrogens with zero attached hydrogens (tertiary/aromatic N) is 1. The zero-order chi connectivity index (χ0) is 14.7. The third kappa shape index (κ3) is 3.16. The number of hydrogen-bond acceptors (Lipinski definition) is 2. The van der Waals surface area contributed by atoms with Gasteiger partial charge in [0.05, 0.1) is 5.69 Å². The maximum atomic E-state index is 12.5. The van der Waals surface area contributed by atoms with E-state index in [0.717, 1.165) is 16.5 Å². The predicted molar refractivity (Wildman–Crippen MR) is 85.8 cm³/mol. The topological polar surface area (TPSA) is 28.1 Å². The summed E-state index contributed by atoms with van der Waals surface area (Å²) in [5, 5.41) is 1.06. The smallest absolute Gasteiger partial charge is 0.361 e. The van der Waals surface area contributed by atoms with Gasteiger partial charge in [-0.1, -0.05) is 41.9 Å². The number of H-pyrrole nitrogens is 1. The van der Waals surface area contributed by atoms with E-state index >= 15 is 0 Å². The number of benzene rings is 2. The molecule has 2 aromatic carbocycles. The highest BCUT2D eigenvalue weighted by atomic mass is 32.2. The summed E-state index contributed by atoms with van der Waals surface area (Å²) in [5.74, 6) is 0. The van der Waals surface area contributed by atoms with E-state index in [0.29, 0.717) is 22.2 Å². The van der Waals surface area contributed by atoms with E-state index in [-0.39, 0.29) is 0 Å². The summed E-state index contributed by atoms with van der Waals surface area (Å²) < 4.78 is 25.1. The number of hydrogen-bond donors (Lipinski definition) is 1. The monoisotopic (exact) mass is 300 g/mol. The zero-order valence-electron chi connectivity index (χ0n) is 11.0. The van der Waals surface area contributed by atoms with E-state index in [4.69, 9.17) is 0 Å². The molecule has 0 aliphatic carbocycles. The zero-order valence-corrected chi connectivity index (χ0v) is 11.8. The van der Waals surface area contributed by atoms with Crippen LogP contribution in [0.25, 0.3) is 10.9 Å². The minimum atomic E-state index is -2.45. The SMILES string of the molecule is FB(F)Sc1ccccc1N=Cc1c[nH]c2ccccc12. The van der Waals surface area contributed by atoms with Crippen molar-refractivity contribution in [3.05, 3.63) is 60.3 Å². The molecule has 0 unspecified atom stereocenters. The van der Waals surface area contributed by atoms with Gasteiger partial charge in [-0.3, -0.25) is 13.6 Å². The molecule has 0 radical (unpaired) electrons. The Hall–Kier alpha value is -2.08. The molecule has 0 aliphatic rings. The van der Waals surface area contributed by atoms with Crippen molar-refractivity contribution in [2.75, 3.05) is 0 Å². The van der Waals surface area contributed by atoms with Crippen LogP contribution in [0.1, 0.15) is 5.56 Å². The second-order valence-electron chi connectivity index (χ2n) is 4.39. The summed E-state index contributed by atoms with van der Waals surface area (Å²) in [6, 6.07) is 14.8. The lowest BCUT2D eigenvalue weighted by atomic mass is 10.2. The first-order valence-electron chi connectivity index (χ1n) is 6.38. The third-order valence-corrected chi connectivity index (χ3v) is 3.82. The normalized spacial score (nSPS) is 11.3. The predicted octanol–water partition coefficient (Wildman–Crippen LogP) is 4.93. The Morgan fingerprint density at radius 3 is 2.67 bits per heavy atom. The third-order valence-electron chi connectivity index (χ3n) is 3.05. The number of aliphatic imine (C=N–C) groups is 1. The van der Waals surface area contributed by atoms with Crippen LogP contribution < -0.4 is 0 Å².